The Labute approximate surface area is 157 Å². The summed E-state index contributed by atoms with van der Waals surface area (Å²) < 4.78 is 34.7. The number of carbonyl (C=O) groups is 1. The first-order valence-electron chi connectivity index (χ1n) is 8.04. The van der Waals surface area contributed by atoms with E-state index in [1.807, 2.05) is 0 Å². The molecule has 0 fully saturated rings. The molecule has 2 heterocycles. The Balaban J connectivity index is 1.92. The van der Waals surface area contributed by atoms with Gasteiger partial charge >= 0.3 is 10.2 Å². The van der Waals surface area contributed by atoms with E-state index in [-0.39, 0.29) is 18.0 Å². The average molecular weight is 386 g/mol. The third-order valence-electron chi connectivity index (χ3n) is 3.94. The van der Waals surface area contributed by atoms with Crippen molar-refractivity contribution in [3.05, 3.63) is 71.7 Å². The Hall–Kier alpha value is -3.20. The fourth-order valence-electron chi connectivity index (χ4n) is 2.51. The number of pyridine rings is 1. The highest BCUT2D eigenvalue weighted by Gasteiger charge is 2.30. The Kier molecular flexibility index (Phi) is 5.22. The standard InChI is InChI=1S/C18H18N4O4S/c1-22-16(18(23)20-12-13-7-5-6-10-19-13)11-15(21-27(22,24)25)14-8-3-4-9-17(14)26-2/h3-11H,12H2,1-2H3,(H,20,23). The molecule has 0 saturated carbocycles. The van der Waals surface area contributed by atoms with Crippen LogP contribution in [0.4, 0.5) is 0 Å². The van der Waals surface area contributed by atoms with E-state index in [0.29, 0.717) is 17.0 Å². The molecule has 8 nitrogen and oxygen atoms in total. The number of para-hydroxylation sites is 1. The molecular weight excluding hydrogens is 368 g/mol. The number of likely N-dealkylation sites (N-methyl/N-ethyl adjacent to an activating group) is 1. The Morgan fingerprint density at radius 3 is 2.63 bits per heavy atom. The molecule has 1 aromatic carbocycles. The van der Waals surface area contributed by atoms with Crippen LogP contribution in [0.1, 0.15) is 11.3 Å². The van der Waals surface area contributed by atoms with Gasteiger partial charge in [-0.05, 0) is 30.3 Å². The molecule has 27 heavy (non-hydrogen) atoms. The number of benzene rings is 1. The highest BCUT2D eigenvalue weighted by Crippen LogP contribution is 2.25. The molecule has 0 saturated heterocycles. The first-order chi connectivity index (χ1) is 12.9. The molecule has 0 radical (unpaired) electrons. The predicted molar refractivity (Wildman–Crippen MR) is 100 cm³/mol. The number of hydrogen-bond acceptors (Lipinski definition) is 5. The highest BCUT2D eigenvalue weighted by molar-refractivity contribution is 7.88. The second-order valence-electron chi connectivity index (χ2n) is 5.66. The lowest BCUT2D eigenvalue weighted by Crippen LogP contribution is -2.38. The predicted octanol–water partition coefficient (Wildman–Crippen LogP) is 1.27. The van der Waals surface area contributed by atoms with E-state index < -0.39 is 16.1 Å². The quantitative estimate of drug-likeness (QED) is 0.834. The van der Waals surface area contributed by atoms with E-state index in [1.54, 1.807) is 48.7 Å². The van der Waals surface area contributed by atoms with Crippen molar-refractivity contribution in [1.82, 2.24) is 14.6 Å². The SMILES string of the molecule is COc1ccccc1C1=NS(=O)(=O)N(C)C(C(=O)NCc2ccccn2)=C1. The van der Waals surface area contributed by atoms with Crippen molar-refractivity contribution in [2.24, 2.45) is 4.40 Å². The van der Waals surface area contributed by atoms with E-state index in [1.165, 1.54) is 20.2 Å². The van der Waals surface area contributed by atoms with Crippen LogP contribution in [0.25, 0.3) is 0 Å². The summed E-state index contributed by atoms with van der Waals surface area (Å²) in [5.74, 6) is -0.0884. The number of aromatic nitrogens is 1. The zero-order valence-corrected chi connectivity index (χ0v) is 15.6. The molecule has 1 aromatic heterocycles. The maximum absolute atomic E-state index is 12.6. The summed E-state index contributed by atoms with van der Waals surface area (Å²) in [5.41, 5.74) is 1.23. The molecule has 0 atom stereocenters. The lowest BCUT2D eigenvalue weighted by atomic mass is 10.1. The van der Waals surface area contributed by atoms with Crippen LogP contribution in [0, 0.1) is 0 Å². The lowest BCUT2D eigenvalue weighted by molar-refractivity contribution is -0.118. The van der Waals surface area contributed by atoms with Crippen molar-refractivity contribution in [3.63, 3.8) is 0 Å². The summed E-state index contributed by atoms with van der Waals surface area (Å²) in [7, 11) is -1.28. The van der Waals surface area contributed by atoms with Crippen LogP contribution >= 0.6 is 0 Å². The van der Waals surface area contributed by atoms with Crippen LogP contribution in [0.15, 0.2) is 64.8 Å². The molecule has 1 amide bonds. The van der Waals surface area contributed by atoms with Crippen LogP contribution in [0.5, 0.6) is 5.75 Å². The topological polar surface area (TPSA) is 101 Å². The second-order valence-corrected chi connectivity index (χ2v) is 7.28. The monoisotopic (exact) mass is 386 g/mol. The minimum atomic E-state index is -4.04. The molecule has 9 heteroatoms. The van der Waals surface area contributed by atoms with E-state index >= 15 is 0 Å². The van der Waals surface area contributed by atoms with Crippen LogP contribution in [-0.4, -0.2) is 43.5 Å². The van der Waals surface area contributed by atoms with Crippen molar-refractivity contribution in [1.29, 1.82) is 0 Å². The first kappa shape index (κ1) is 18.6. The maximum atomic E-state index is 12.6. The summed E-state index contributed by atoms with van der Waals surface area (Å²) >= 11 is 0. The van der Waals surface area contributed by atoms with E-state index in [2.05, 4.69) is 14.7 Å². The summed E-state index contributed by atoms with van der Waals surface area (Å²) in [5, 5.41) is 2.68. The summed E-state index contributed by atoms with van der Waals surface area (Å²) in [6.07, 6.45) is 3.04. The summed E-state index contributed by atoms with van der Waals surface area (Å²) in [6.45, 7) is 0.173. The number of nitrogens with zero attached hydrogens (tertiary/aromatic N) is 3. The van der Waals surface area contributed by atoms with Gasteiger partial charge in [-0.25, -0.2) is 4.31 Å². The molecule has 0 unspecified atom stereocenters. The minimum absolute atomic E-state index is 0.0400. The van der Waals surface area contributed by atoms with Gasteiger partial charge in [-0.3, -0.25) is 9.78 Å². The summed E-state index contributed by atoms with van der Waals surface area (Å²) in [6, 6.07) is 12.2. The third kappa shape index (κ3) is 3.98. The highest BCUT2D eigenvalue weighted by atomic mass is 32.2. The number of allylic oxidation sites excluding steroid dienone is 1. The molecule has 3 rings (SSSR count). The van der Waals surface area contributed by atoms with Crippen molar-refractivity contribution >= 4 is 21.8 Å². The van der Waals surface area contributed by atoms with E-state index in [4.69, 9.17) is 4.74 Å². The fraction of sp³-hybridized carbons (Fsp3) is 0.167. The second kappa shape index (κ2) is 7.58. The number of hydrogen-bond donors (Lipinski definition) is 1. The van der Waals surface area contributed by atoms with Crippen molar-refractivity contribution in [2.75, 3.05) is 14.2 Å². The number of methoxy groups -OCH3 is 1. The van der Waals surface area contributed by atoms with Crippen molar-refractivity contribution in [2.45, 2.75) is 6.54 Å². The van der Waals surface area contributed by atoms with Gasteiger partial charge in [0, 0.05) is 18.8 Å². The Morgan fingerprint density at radius 2 is 1.93 bits per heavy atom. The lowest BCUT2D eigenvalue weighted by Gasteiger charge is -2.24. The van der Waals surface area contributed by atoms with Gasteiger partial charge in [0.05, 0.1) is 25.1 Å². The van der Waals surface area contributed by atoms with Gasteiger partial charge in [-0.15, -0.1) is 4.40 Å². The number of carbonyl (C=O) groups excluding carboxylic acids is 1. The molecule has 1 N–H and O–H groups in total. The van der Waals surface area contributed by atoms with E-state index in [0.717, 1.165) is 4.31 Å². The molecule has 0 bridgehead atoms. The normalized spacial score (nSPS) is 15.6. The van der Waals surface area contributed by atoms with Gasteiger partial charge in [-0.2, -0.15) is 8.42 Å². The zero-order chi connectivity index (χ0) is 19.4. The Bertz CT molecular complexity index is 1020. The number of ether oxygens (including phenoxy) is 1. The minimum Gasteiger partial charge on any atom is -0.496 e. The number of rotatable bonds is 5. The van der Waals surface area contributed by atoms with Gasteiger partial charge in [0.2, 0.25) is 0 Å². The molecule has 0 spiro atoms. The van der Waals surface area contributed by atoms with Gasteiger partial charge in [0.15, 0.2) is 0 Å². The van der Waals surface area contributed by atoms with Crippen LogP contribution in [-0.2, 0) is 21.5 Å². The van der Waals surface area contributed by atoms with Crippen LogP contribution in [0.3, 0.4) is 0 Å². The smallest absolute Gasteiger partial charge is 0.345 e. The average Bonchev–Trinajstić information content (AvgIpc) is 2.68. The third-order valence-corrected chi connectivity index (χ3v) is 5.26. The van der Waals surface area contributed by atoms with Crippen molar-refractivity contribution < 1.29 is 17.9 Å². The molecular formula is C18H18N4O4S. The van der Waals surface area contributed by atoms with Crippen LogP contribution in [0.2, 0.25) is 0 Å². The maximum Gasteiger partial charge on any atom is 0.345 e. The summed E-state index contributed by atoms with van der Waals surface area (Å²) in [4.78, 5) is 16.7. The fourth-order valence-corrected chi connectivity index (χ4v) is 3.42. The Morgan fingerprint density at radius 1 is 1.19 bits per heavy atom. The van der Waals surface area contributed by atoms with Gasteiger partial charge in [0.1, 0.15) is 11.4 Å². The number of amides is 1. The van der Waals surface area contributed by atoms with Crippen molar-refractivity contribution in [3.8, 4) is 5.75 Å². The van der Waals surface area contributed by atoms with Gasteiger partial charge in [0.25, 0.3) is 5.91 Å². The largest absolute Gasteiger partial charge is 0.496 e. The molecule has 2 aromatic rings. The van der Waals surface area contributed by atoms with Crippen LogP contribution < -0.4 is 10.1 Å². The zero-order valence-electron chi connectivity index (χ0n) is 14.8. The molecule has 0 aliphatic carbocycles. The number of nitrogens with one attached hydrogen (secondary N) is 1. The van der Waals surface area contributed by atoms with Gasteiger partial charge < -0.3 is 10.1 Å². The van der Waals surface area contributed by atoms with E-state index in [9.17, 15) is 13.2 Å². The molecule has 1 aliphatic rings. The molecule has 140 valence electrons. The first-order valence-corrected chi connectivity index (χ1v) is 9.44. The van der Waals surface area contributed by atoms with Gasteiger partial charge in [-0.1, -0.05) is 18.2 Å². The molecule has 1 aliphatic heterocycles.